The first-order chi connectivity index (χ1) is 13.3. The third-order valence-corrected chi connectivity index (χ3v) is 5.16. The van der Waals surface area contributed by atoms with Crippen LogP contribution in [0.2, 0.25) is 5.02 Å². The predicted molar refractivity (Wildman–Crippen MR) is 107 cm³/mol. The molecular weight excluding hydrogens is 404 g/mol. The van der Waals surface area contributed by atoms with Crippen molar-refractivity contribution in [2.75, 3.05) is 13.2 Å². The van der Waals surface area contributed by atoms with Crippen molar-refractivity contribution in [2.45, 2.75) is 6.92 Å². The summed E-state index contributed by atoms with van der Waals surface area (Å²) in [6, 6.07) is 11.4. The van der Waals surface area contributed by atoms with E-state index in [-0.39, 0.29) is 23.7 Å². The van der Waals surface area contributed by atoms with Crippen LogP contribution in [0.3, 0.4) is 0 Å². The van der Waals surface area contributed by atoms with E-state index in [1.54, 1.807) is 43.3 Å². The van der Waals surface area contributed by atoms with E-state index >= 15 is 0 Å². The quantitative estimate of drug-likeness (QED) is 0.384. The number of nitro benzene ring substituents is 1. The lowest BCUT2D eigenvalue weighted by Crippen LogP contribution is -2.32. The Kier molecular flexibility index (Phi) is 6.01. The van der Waals surface area contributed by atoms with E-state index in [1.165, 1.54) is 12.1 Å². The average molecular weight is 419 g/mol. The standard InChI is InChI=1S/C19H15ClN2O5S/c1-12-2-3-13(10-16(12)22(25)26)11-17-18(23)21(19(24)28-17)8-9-27-15-6-4-14(20)5-7-15/h2-7,10-11H,8-9H2,1H3/b17-11-. The number of imide groups is 1. The minimum absolute atomic E-state index is 0.0376. The number of amides is 2. The molecule has 7 nitrogen and oxygen atoms in total. The molecule has 0 spiro atoms. The number of hydrogen-bond acceptors (Lipinski definition) is 6. The fourth-order valence-electron chi connectivity index (χ4n) is 2.54. The van der Waals surface area contributed by atoms with Crippen LogP contribution in [0, 0.1) is 17.0 Å². The van der Waals surface area contributed by atoms with Crippen molar-refractivity contribution in [1.29, 1.82) is 0 Å². The molecule has 0 aliphatic carbocycles. The second-order valence-corrected chi connectivity index (χ2v) is 7.37. The Morgan fingerprint density at radius 2 is 1.93 bits per heavy atom. The van der Waals surface area contributed by atoms with Gasteiger partial charge in [-0.05, 0) is 54.6 Å². The maximum Gasteiger partial charge on any atom is 0.293 e. The lowest BCUT2D eigenvalue weighted by atomic mass is 10.1. The Labute approximate surface area is 170 Å². The smallest absolute Gasteiger partial charge is 0.293 e. The van der Waals surface area contributed by atoms with Crippen molar-refractivity contribution < 1.29 is 19.2 Å². The number of nitrogens with zero attached hydrogens (tertiary/aromatic N) is 2. The zero-order chi connectivity index (χ0) is 20.3. The first-order valence-electron chi connectivity index (χ1n) is 8.24. The fourth-order valence-corrected chi connectivity index (χ4v) is 3.53. The van der Waals surface area contributed by atoms with Crippen molar-refractivity contribution in [1.82, 2.24) is 4.90 Å². The number of carbonyl (C=O) groups is 2. The van der Waals surface area contributed by atoms with E-state index in [2.05, 4.69) is 0 Å². The Hall–Kier alpha value is -2.84. The third kappa shape index (κ3) is 4.52. The lowest BCUT2D eigenvalue weighted by molar-refractivity contribution is -0.385. The predicted octanol–water partition coefficient (Wildman–Crippen LogP) is 4.67. The van der Waals surface area contributed by atoms with Gasteiger partial charge in [0.2, 0.25) is 0 Å². The molecule has 28 heavy (non-hydrogen) atoms. The highest BCUT2D eigenvalue weighted by Gasteiger charge is 2.34. The van der Waals surface area contributed by atoms with Gasteiger partial charge < -0.3 is 4.74 Å². The van der Waals surface area contributed by atoms with Crippen LogP contribution in [0.25, 0.3) is 6.08 Å². The van der Waals surface area contributed by atoms with Crippen LogP contribution in [0.4, 0.5) is 10.5 Å². The van der Waals surface area contributed by atoms with E-state index in [1.807, 2.05) is 0 Å². The summed E-state index contributed by atoms with van der Waals surface area (Å²) in [5.41, 5.74) is 0.971. The number of hydrogen-bond donors (Lipinski definition) is 0. The average Bonchev–Trinajstić information content (AvgIpc) is 2.92. The molecule has 2 amide bonds. The van der Waals surface area contributed by atoms with Crippen LogP contribution < -0.4 is 4.74 Å². The normalized spacial score (nSPS) is 15.4. The number of rotatable bonds is 6. The fraction of sp³-hybridized carbons (Fsp3) is 0.158. The van der Waals surface area contributed by atoms with Crippen molar-refractivity contribution in [3.63, 3.8) is 0 Å². The highest BCUT2D eigenvalue weighted by molar-refractivity contribution is 8.18. The molecule has 2 aromatic rings. The number of benzene rings is 2. The molecule has 1 aliphatic heterocycles. The zero-order valence-corrected chi connectivity index (χ0v) is 16.3. The van der Waals surface area contributed by atoms with Crippen LogP contribution in [0.5, 0.6) is 5.75 Å². The maximum absolute atomic E-state index is 12.5. The van der Waals surface area contributed by atoms with Crippen LogP contribution in [0.15, 0.2) is 47.4 Å². The Morgan fingerprint density at radius 1 is 1.21 bits per heavy atom. The van der Waals surface area contributed by atoms with Gasteiger partial charge in [-0.2, -0.15) is 0 Å². The Balaban J connectivity index is 1.67. The van der Waals surface area contributed by atoms with Gasteiger partial charge >= 0.3 is 0 Å². The van der Waals surface area contributed by atoms with Gasteiger partial charge in [0.1, 0.15) is 12.4 Å². The van der Waals surface area contributed by atoms with Crippen molar-refractivity contribution >= 4 is 46.3 Å². The summed E-state index contributed by atoms with van der Waals surface area (Å²) in [6.45, 7) is 1.87. The summed E-state index contributed by atoms with van der Waals surface area (Å²) >= 11 is 6.61. The molecule has 1 saturated heterocycles. The monoisotopic (exact) mass is 418 g/mol. The SMILES string of the molecule is Cc1ccc(/C=C2\SC(=O)N(CCOc3ccc(Cl)cc3)C2=O)cc1[N+](=O)[O-]. The summed E-state index contributed by atoms with van der Waals surface area (Å²) < 4.78 is 5.52. The van der Waals surface area contributed by atoms with E-state index in [0.717, 1.165) is 16.7 Å². The minimum atomic E-state index is -0.480. The van der Waals surface area contributed by atoms with Crippen LogP contribution in [-0.2, 0) is 4.79 Å². The highest BCUT2D eigenvalue weighted by Crippen LogP contribution is 2.33. The van der Waals surface area contributed by atoms with Gasteiger partial charge in [0.25, 0.3) is 16.8 Å². The molecule has 1 heterocycles. The highest BCUT2D eigenvalue weighted by atomic mass is 35.5. The van der Waals surface area contributed by atoms with E-state index in [0.29, 0.717) is 21.9 Å². The Morgan fingerprint density at radius 3 is 2.61 bits per heavy atom. The molecule has 0 bridgehead atoms. The largest absolute Gasteiger partial charge is 0.492 e. The van der Waals surface area contributed by atoms with E-state index < -0.39 is 16.1 Å². The number of ether oxygens (including phenoxy) is 1. The molecule has 1 fully saturated rings. The number of carbonyl (C=O) groups excluding carboxylic acids is 2. The molecule has 0 N–H and O–H groups in total. The molecule has 0 unspecified atom stereocenters. The van der Waals surface area contributed by atoms with Gasteiger partial charge in [-0.3, -0.25) is 24.6 Å². The number of thioether (sulfide) groups is 1. The van der Waals surface area contributed by atoms with Gasteiger partial charge in [0.05, 0.1) is 16.4 Å². The molecule has 2 aromatic carbocycles. The van der Waals surface area contributed by atoms with Crippen molar-refractivity contribution in [3.05, 3.63) is 73.6 Å². The first kappa shape index (κ1) is 19.9. The van der Waals surface area contributed by atoms with Gasteiger partial charge in [-0.15, -0.1) is 0 Å². The van der Waals surface area contributed by atoms with E-state index in [9.17, 15) is 19.7 Å². The summed E-state index contributed by atoms with van der Waals surface area (Å²) in [5.74, 6) is 0.136. The van der Waals surface area contributed by atoms with Crippen molar-refractivity contribution in [2.24, 2.45) is 0 Å². The molecule has 9 heteroatoms. The second-order valence-electron chi connectivity index (χ2n) is 5.94. The first-order valence-corrected chi connectivity index (χ1v) is 9.43. The molecular formula is C19H15ClN2O5S. The number of aryl methyl sites for hydroxylation is 1. The molecule has 144 valence electrons. The maximum atomic E-state index is 12.5. The minimum Gasteiger partial charge on any atom is -0.492 e. The molecule has 1 aliphatic rings. The van der Waals surface area contributed by atoms with Gasteiger partial charge in [-0.25, -0.2) is 0 Å². The summed E-state index contributed by atoms with van der Waals surface area (Å²) in [4.78, 5) is 36.5. The molecule has 3 rings (SSSR count). The molecule has 0 atom stereocenters. The second kappa shape index (κ2) is 8.45. The van der Waals surface area contributed by atoms with E-state index in [4.69, 9.17) is 16.3 Å². The molecule has 0 radical (unpaired) electrons. The summed E-state index contributed by atoms with van der Waals surface area (Å²) in [6.07, 6.45) is 1.48. The summed E-state index contributed by atoms with van der Waals surface area (Å²) in [5, 5.41) is 11.2. The van der Waals surface area contributed by atoms with Crippen molar-refractivity contribution in [3.8, 4) is 5.75 Å². The van der Waals surface area contributed by atoms with Gasteiger partial charge in [0.15, 0.2) is 0 Å². The Bertz CT molecular complexity index is 975. The third-order valence-electron chi connectivity index (χ3n) is 4.00. The van der Waals surface area contributed by atoms with Crippen LogP contribution in [0.1, 0.15) is 11.1 Å². The van der Waals surface area contributed by atoms with Crippen LogP contribution >= 0.6 is 23.4 Å². The molecule has 0 saturated carbocycles. The van der Waals surface area contributed by atoms with Gasteiger partial charge in [0, 0.05) is 16.7 Å². The summed E-state index contributed by atoms with van der Waals surface area (Å²) in [7, 11) is 0. The topological polar surface area (TPSA) is 89.8 Å². The zero-order valence-electron chi connectivity index (χ0n) is 14.8. The van der Waals surface area contributed by atoms with Crippen LogP contribution in [-0.4, -0.2) is 34.1 Å². The molecule has 0 aromatic heterocycles. The lowest BCUT2D eigenvalue weighted by Gasteiger charge is -2.13. The number of halogens is 1. The number of nitro groups is 1. The van der Waals surface area contributed by atoms with Gasteiger partial charge in [-0.1, -0.05) is 23.7 Å².